The molecule has 0 saturated heterocycles. The number of aliphatic carboxylic acids is 1. The smallest absolute Gasteiger partial charge is 0.307 e. The second kappa shape index (κ2) is 3.68. The Morgan fingerprint density at radius 1 is 1.62 bits per heavy atom. The Balaban J connectivity index is 3.05. The third-order valence-electron chi connectivity index (χ3n) is 1.52. The minimum Gasteiger partial charge on any atom is -0.481 e. The lowest BCUT2D eigenvalue weighted by Gasteiger charge is -1.98. The van der Waals surface area contributed by atoms with Crippen LogP contribution < -0.4 is 0 Å². The number of benzene rings is 1. The van der Waals surface area contributed by atoms with Crippen molar-refractivity contribution in [1.82, 2.24) is 0 Å². The first-order valence-corrected chi connectivity index (χ1v) is 3.54. The first-order valence-electron chi connectivity index (χ1n) is 3.54. The highest BCUT2D eigenvalue weighted by atomic mass is 19.1. The Hall–Kier alpha value is -1.89. The van der Waals surface area contributed by atoms with E-state index in [1.54, 1.807) is 0 Å². The highest BCUT2D eigenvalue weighted by molar-refractivity contribution is 5.70. The summed E-state index contributed by atoms with van der Waals surface area (Å²) in [6, 6.07) is 5.45. The van der Waals surface area contributed by atoms with Crippen LogP contribution in [0.25, 0.3) is 0 Å². The molecule has 1 aromatic rings. The van der Waals surface area contributed by atoms with Crippen LogP contribution >= 0.6 is 0 Å². The van der Waals surface area contributed by atoms with Crippen molar-refractivity contribution in [3.05, 3.63) is 35.1 Å². The zero-order valence-electron chi connectivity index (χ0n) is 6.62. The molecular formula is C9H6FNO2. The number of carboxylic acids is 1. The molecule has 0 amide bonds. The van der Waals surface area contributed by atoms with E-state index in [2.05, 4.69) is 0 Å². The monoisotopic (exact) mass is 179 g/mol. The normalized spacial score (nSPS) is 9.23. The van der Waals surface area contributed by atoms with Crippen LogP contribution in [0.15, 0.2) is 18.2 Å². The van der Waals surface area contributed by atoms with Gasteiger partial charge in [-0.05, 0) is 18.2 Å². The highest BCUT2D eigenvalue weighted by Crippen LogP contribution is 2.10. The Bertz CT molecular complexity index is 382. The fourth-order valence-corrected chi connectivity index (χ4v) is 0.943. The van der Waals surface area contributed by atoms with Crippen molar-refractivity contribution >= 4 is 5.97 Å². The van der Waals surface area contributed by atoms with Crippen molar-refractivity contribution in [3.63, 3.8) is 0 Å². The van der Waals surface area contributed by atoms with Gasteiger partial charge in [0.2, 0.25) is 0 Å². The zero-order valence-corrected chi connectivity index (χ0v) is 6.62. The number of nitriles is 1. The third kappa shape index (κ3) is 2.27. The Kier molecular flexibility index (Phi) is 2.60. The maximum atomic E-state index is 12.9. The first-order chi connectivity index (χ1) is 6.13. The van der Waals surface area contributed by atoms with E-state index in [4.69, 9.17) is 10.4 Å². The molecule has 0 unspecified atom stereocenters. The average Bonchev–Trinajstić information content (AvgIpc) is 2.08. The molecule has 1 rings (SSSR count). The fraction of sp³-hybridized carbons (Fsp3) is 0.111. The SMILES string of the molecule is N#Cc1ccc(F)c(CC(=O)O)c1. The summed E-state index contributed by atoms with van der Waals surface area (Å²) in [6.07, 6.45) is -0.401. The Labute approximate surface area is 74.0 Å². The van der Waals surface area contributed by atoms with Gasteiger partial charge in [-0.2, -0.15) is 5.26 Å². The summed E-state index contributed by atoms with van der Waals surface area (Å²) in [5, 5.41) is 16.9. The molecule has 0 aliphatic rings. The molecule has 0 atom stereocenters. The quantitative estimate of drug-likeness (QED) is 0.744. The third-order valence-corrected chi connectivity index (χ3v) is 1.52. The van der Waals surface area contributed by atoms with Crippen LogP contribution in [0.1, 0.15) is 11.1 Å². The maximum Gasteiger partial charge on any atom is 0.307 e. The fourth-order valence-electron chi connectivity index (χ4n) is 0.943. The van der Waals surface area contributed by atoms with Gasteiger partial charge in [0.1, 0.15) is 5.82 Å². The van der Waals surface area contributed by atoms with E-state index in [0.717, 1.165) is 6.07 Å². The number of carboxylic acid groups (broad SMARTS) is 1. The molecule has 3 nitrogen and oxygen atoms in total. The lowest BCUT2D eigenvalue weighted by molar-refractivity contribution is -0.136. The number of rotatable bonds is 2. The van der Waals surface area contributed by atoms with Gasteiger partial charge in [-0.3, -0.25) is 4.79 Å². The van der Waals surface area contributed by atoms with E-state index in [1.807, 2.05) is 6.07 Å². The molecule has 0 bridgehead atoms. The summed E-state index contributed by atoms with van der Waals surface area (Å²) in [6.45, 7) is 0. The van der Waals surface area contributed by atoms with Gasteiger partial charge < -0.3 is 5.11 Å². The molecule has 13 heavy (non-hydrogen) atoms. The number of hydrogen-bond acceptors (Lipinski definition) is 2. The number of hydrogen-bond donors (Lipinski definition) is 1. The van der Waals surface area contributed by atoms with Gasteiger partial charge >= 0.3 is 5.97 Å². The first kappa shape index (κ1) is 9.20. The summed E-state index contributed by atoms with van der Waals surface area (Å²) in [5.74, 6) is -1.71. The van der Waals surface area contributed by atoms with Crippen molar-refractivity contribution in [2.24, 2.45) is 0 Å². The van der Waals surface area contributed by atoms with Crippen LogP contribution in [0.4, 0.5) is 4.39 Å². The van der Waals surface area contributed by atoms with Gasteiger partial charge in [0.15, 0.2) is 0 Å². The number of carbonyl (C=O) groups is 1. The molecule has 4 heteroatoms. The zero-order chi connectivity index (χ0) is 9.84. The van der Waals surface area contributed by atoms with Crippen LogP contribution in [0.2, 0.25) is 0 Å². The van der Waals surface area contributed by atoms with Gasteiger partial charge in [0.25, 0.3) is 0 Å². The Morgan fingerprint density at radius 2 is 2.31 bits per heavy atom. The van der Waals surface area contributed by atoms with E-state index in [1.165, 1.54) is 12.1 Å². The number of nitrogens with zero attached hydrogens (tertiary/aromatic N) is 1. The Morgan fingerprint density at radius 3 is 2.85 bits per heavy atom. The molecule has 66 valence electrons. The molecule has 0 spiro atoms. The van der Waals surface area contributed by atoms with Gasteiger partial charge in [0, 0.05) is 5.56 Å². The summed E-state index contributed by atoms with van der Waals surface area (Å²) in [7, 11) is 0. The highest BCUT2D eigenvalue weighted by Gasteiger charge is 2.07. The summed E-state index contributed by atoms with van der Waals surface area (Å²) < 4.78 is 12.9. The van der Waals surface area contributed by atoms with E-state index < -0.39 is 18.2 Å². The lowest BCUT2D eigenvalue weighted by Crippen LogP contribution is -2.02. The van der Waals surface area contributed by atoms with Gasteiger partial charge in [-0.25, -0.2) is 4.39 Å². The van der Waals surface area contributed by atoms with Crippen molar-refractivity contribution in [2.45, 2.75) is 6.42 Å². The molecule has 0 aromatic heterocycles. The topological polar surface area (TPSA) is 61.1 Å². The van der Waals surface area contributed by atoms with Gasteiger partial charge in [0.05, 0.1) is 18.1 Å². The minimum atomic E-state index is -1.12. The van der Waals surface area contributed by atoms with Crippen LogP contribution in [-0.4, -0.2) is 11.1 Å². The standard InChI is InChI=1S/C9H6FNO2/c10-8-2-1-6(5-11)3-7(8)4-9(12)13/h1-3H,4H2,(H,12,13). The lowest BCUT2D eigenvalue weighted by atomic mass is 10.1. The summed E-state index contributed by atoms with van der Waals surface area (Å²) in [4.78, 5) is 10.3. The molecule has 0 radical (unpaired) electrons. The average molecular weight is 179 g/mol. The number of halogens is 1. The predicted molar refractivity (Wildman–Crippen MR) is 42.5 cm³/mol. The van der Waals surface area contributed by atoms with Crippen LogP contribution in [0.3, 0.4) is 0 Å². The van der Waals surface area contributed by atoms with E-state index in [0.29, 0.717) is 0 Å². The van der Waals surface area contributed by atoms with Crippen LogP contribution in [0.5, 0.6) is 0 Å². The van der Waals surface area contributed by atoms with E-state index in [-0.39, 0.29) is 11.1 Å². The van der Waals surface area contributed by atoms with Crippen LogP contribution in [0, 0.1) is 17.1 Å². The van der Waals surface area contributed by atoms with E-state index in [9.17, 15) is 9.18 Å². The van der Waals surface area contributed by atoms with E-state index >= 15 is 0 Å². The summed E-state index contributed by atoms with van der Waals surface area (Å²) >= 11 is 0. The van der Waals surface area contributed by atoms with Gasteiger partial charge in [-0.1, -0.05) is 0 Å². The molecule has 0 saturated carbocycles. The van der Waals surface area contributed by atoms with Crippen molar-refractivity contribution < 1.29 is 14.3 Å². The van der Waals surface area contributed by atoms with Crippen molar-refractivity contribution in [3.8, 4) is 6.07 Å². The second-order valence-electron chi connectivity index (χ2n) is 2.49. The molecular weight excluding hydrogens is 173 g/mol. The summed E-state index contributed by atoms with van der Waals surface area (Å²) in [5.41, 5.74) is 0.296. The van der Waals surface area contributed by atoms with Crippen molar-refractivity contribution in [1.29, 1.82) is 5.26 Å². The second-order valence-corrected chi connectivity index (χ2v) is 2.49. The minimum absolute atomic E-state index is 0.0338. The van der Waals surface area contributed by atoms with Crippen LogP contribution in [-0.2, 0) is 11.2 Å². The molecule has 0 aliphatic heterocycles. The molecule has 0 fully saturated rings. The molecule has 0 aliphatic carbocycles. The molecule has 1 N–H and O–H groups in total. The molecule has 0 heterocycles. The maximum absolute atomic E-state index is 12.9. The van der Waals surface area contributed by atoms with Gasteiger partial charge in [-0.15, -0.1) is 0 Å². The predicted octanol–water partition coefficient (Wildman–Crippen LogP) is 1.32. The largest absolute Gasteiger partial charge is 0.481 e. The molecule has 1 aromatic carbocycles. The van der Waals surface area contributed by atoms with Crippen molar-refractivity contribution in [2.75, 3.05) is 0 Å².